The molecule has 4 N–H and O–H groups in total. The quantitative estimate of drug-likeness (QED) is 0.140. The van der Waals surface area contributed by atoms with E-state index >= 15 is 0 Å². The van der Waals surface area contributed by atoms with Gasteiger partial charge in [0.1, 0.15) is 18.8 Å². The molecule has 0 heterocycles. The fraction of sp³-hybridized carbons (Fsp3) is 0.958. The highest BCUT2D eigenvalue weighted by atomic mass is 16.6. The molecule has 31 heavy (non-hydrogen) atoms. The van der Waals surface area contributed by atoms with Crippen LogP contribution in [-0.2, 0) is 14.3 Å². The van der Waals surface area contributed by atoms with Gasteiger partial charge in [-0.15, -0.1) is 0 Å². The van der Waals surface area contributed by atoms with Gasteiger partial charge in [-0.3, -0.25) is 0 Å². The molecule has 0 radical (unpaired) electrons. The number of aliphatic hydroxyl groups is 4. The minimum atomic E-state index is -1.12. The van der Waals surface area contributed by atoms with E-state index in [2.05, 4.69) is 6.92 Å². The number of carbonyl (C=O) groups is 1. The summed E-state index contributed by atoms with van der Waals surface area (Å²) in [7, 11) is 0. The van der Waals surface area contributed by atoms with Crippen LogP contribution in [0.5, 0.6) is 0 Å². The van der Waals surface area contributed by atoms with Gasteiger partial charge in [0.05, 0.1) is 19.8 Å². The minimum Gasteiger partial charge on any atom is -0.461 e. The molecule has 0 rings (SSSR count). The number of ether oxygens (including phenoxy) is 2. The highest BCUT2D eigenvalue weighted by molar-refractivity contribution is 5.74. The topological polar surface area (TPSA) is 116 Å². The molecule has 0 aliphatic heterocycles. The summed E-state index contributed by atoms with van der Waals surface area (Å²) in [5.74, 6) is -0.618. The number of esters is 1. The van der Waals surface area contributed by atoms with Crippen molar-refractivity contribution in [2.24, 2.45) is 0 Å². The summed E-state index contributed by atoms with van der Waals surface area (Å²) in [6.45, 7) is 0.871. The lowest BCUT2D eigenvalue weighted by atomic mass is 10.0. The van der Waals surface area contributed by atoms with Gasteiger partial charge in [0, 0.05) is 0 Å². The van der Waals surface area contributed by atoms with Crippen molar-refractivity contribution in [1.82, 2.24) is 0 Å². The van der Waals surface area contributed by atoms with Crippen LogP contribution in [0.25, 0.3) is 0 Å². The predicted octanol–water partition coefficient (Wildman–Crippen LogP) is 3.49. The van der Waals surface area contributed by atoms with E-state index in [1.807, 2.05) is 0 Å². The Hall–Kier alpha value is -0.730. The maximum absolute atomic E-state index is 12.1. The summed E-state index contributed by atoms with van der Waals surface area (Å²) in [5, 5.41) is 36.5. The van der Waals surface area contributed by atoms with Crippen molar-refractivity contribution in [3.8, 4) is 0 Å². The third-order valence-corrected chi connectivity index (χ3v) is 5.41. The van der Waals surface area contributed by atoms with Gasteiger partial charge in [-0.1, -0.05) is 96.8 Å². The van der Waals surface area contributed by atoms with Gasteiger partial charge in [0.15, 0.2) is 6.10 Å². The van der Waals surface area contributed by atoms with Gasteiger partial charge in [0.2, 0.25) is 0 Å². The molecule has 0 fully saturated rings. The third-order valence-electron chi connectivity index (χ3n) is 5.41. The monoisotopic (exact) mass is 448 g/mol. The molecule has 7 nitrogen and oxygen atoms in total. The van der Waals surface area contributed by atoms with Crippen LogP contribution in [0.4, 0.5) is 0 Å². The molecule has 0 aromatic heterocycles. The lowest BCUT2D eigenvalue weighted by Crippen LogP contribution is -2.33. The predicted molar refractivity (Wildman–Crippen MR) is 122 cm³/mol. The van der Waals surface area contributed by atoms with Gasteiger partial charge >= 0.3 is 5.97 Å². The Morgan fingerprint density at radius 3 is 1.55 bits per heavy atom. The summed E-state index contributed by atoms with van der Waals surface area (Å²) in [6.07, 6.45) is 14.9. The Morgan fingerprint density at radius 1 is 0.677 bits per heavy atom. The van der Waals surface area contributed by atoms with Crippen molar-refractivity contribution in [2.75, 3.05) is 26.4 Å². The second-order valence-electron chi connectivity index (χ2n) is 8.51. The number of hydrogen-bond donors (Lipinski definition) is 4. The Morgan fingerprint density at radius 2 is 1.10 bits per heavy atom. The van der Waals surface area contributed by atoms with Crippen molar-refractivity contribution in [1.29, 1.82) is 0 Å². The molecule has 0 spiro atoms. The number of unbranched alkanes of at least 4 members (excludes halogenated alkanes) is 13. The normalized spacial score (nSPS) is 14.4. The van der Waals surface area contributed by atoms with E-state index in [9.17, 15) is 15.0 Å². The molecule has 0 aliphatic carbocycles. The van der Waals surface area contributed by atoms with Crippen LogP contribution in [-0.4, -0.2) is 71.1 Å². The van der Waals surface area contributed by atoms with Crippen LogP contribution in [0, 0.1) is 0 Å². The summed E-state index contributed by atoms with van der Waals surface area (Å²) in [6, 6.07) is 0. The number of rotatable bonds is 23. The number of carbonyl (C=O) groups excluding carboxylic acids is 1. The molecule has 0 amide bonds. The molecule has 0 aromatic carbocycles. The van der Waals surface area contributed by atoms with Crippen LogP contribution in [0.15, 0.2) is 0 Å². The van der Waals surface area contributed by atoms with Crippen molar-refractivity contribution < 1.29 is 34.7 Å². The average molecular weight is 449 g/mol. The fourth-order valence-corrected chi connectivity index (χ4v) is 3.40. The molecule has 7 heteroatoms. The zero-order valence-corrected chi connectivity index (χ0v) is 19.7. The van der Waals surface area contributed by atoms with E-state index in [1.165, 1.54) is 70.6 Å². The molecule has 3 unspecified atom stereocenters. The standard InChI is InChI=1S/C24H48O7/c1-2-3-4-5-6-7-8-9-10-11-12-13-14-15-16-23(30-19-21(27)17-25)24(29)31-20-22(28)18-26/h21-23,25-28H,2-20H2,1H3. The zero-order valence-electron chi connectivity index (χ0n) is 19.7. The van der Waals surface area contributed by atoms with E-state index in [-0.39, 0.29) is 13.2 Å². The van der Waals surface area contributed by atoms with E-state index in [4.69, 9.17) is 19.7 Å². The Labute approximate surface area is 189 Å². The summed E-state index contributed by atoms with van der Waals surface area (Å²) in [5.41, 5.74) is 0. The third kappa shape index (κ3) is 19.7. The first-order chi connectivity index (χ1) is 15.0. The largest absolute Gasteiger partial charge is 0.461 e. The van der Waals surface area contributed by atoms with Crippen LogP contribution in [0.2, 0.25) is 0 Å². The Bertz CT molecular complexity index is 392. The lowest BCUT2D eigenvalue weighted by Gasteiger charge is -2.19. The summed E-state index contributed by atoms with van der Waals surface area (Å²) < 4.78 is 10.4. The first-order valence-electron chi connectivity index (χ1n) is 12.4. The Kier molecular flexibility index (Phi) is 21.9. The van der Waals surface area contributed by atoms with E-state index < -0.39 is 37.5 Å². The molecule has 0 saturated heterocycles. The maximum Gasteiger partial charge on any atom is 0.335 e. The van der Waals surface area contributed by atoms with E-state index in [1.54, 1.807) is 0 Å². The van der Waals surface area contributed by atoms with Crippen molar-refractivity contribution in [3.63, 3.8) is 0 Å². The molecule has 0 aromatic rings. The van der Waals surface area contributed by atoms with Gasteiger partial charge < -0.3 is 29.9 Å². The Balaban J connectivity index is 3.82. The first kappa shape index (κ1) is 30.3. The fourth-order valence-electron chi connectivity index (χ4n) is 3.40. The molecule has 186 valence electrons. The summed E-state index contributed by atoms with van der Waals surface area (Å²) >= 11 is 0. The van der Waals surface area contributed by atoms with E-state index in [0.29, 0.717) is 6.42 Å². The van der Waals surface area contributed by atoms with Crippen LogP contribution in [0.3, 0.4) is 0 Å². The first-order valence-corrected chi connectivity index (χ1v) is 12.4. The SMILES string of the molecule is CCCCCCCCCCCCCCCCC(OCC(O)CO)C(=O)OCC(O)CO. The molecular formula is C24H48O7. The van der Waals surface area contributed by atoms with Crippen molar-refractivity contribution in [2.45, 2.75) is 122 Å². The van der Waals surface area contributed by atoms with Crippen molar-refractivity contribution in [3.05, 3.63) is 0 Å². The second kappa shape index (κ2) is 22.5. The van der Waals surface area contributed by atoms with Crippen LogP contribution >= 0.6 is 0 Å². The van der Waals surface area contributed by atoms with E-state index in [0.717, 1.165) is 19.3 Å². The smallest absolute Gasteiger partial charge is 0.335 e. The summed E-state index contributed by atoms with van der Waals surface area (Å²) in [4.78, 5) is 12.1. The average Bonchev–Trinajstić information content (AvgIpc) is 2.78. The van der Waals surface area contributed by atoms with Crippen molar-refractivity contribution >= 4 is 5.97 Å². The minimum absolute atomic E-state index is 0.155. The van der Waals surface area contributed by atoms with Crippen LogP contribution < -0.4 is 0 Å². The second-order valence-corrected chi connectivity index (χ2v) is 8.51. The zero-order chi connectivity index (χ0) is 23.2. The number of aliphatic hydroxyl groups excluding tert-OH is 4. The highest BCUT2D eigenvalue weighted by Gasteiger charge is 2.22. The molecular weight excluding hydrogens is 400 g/mol. The van der Waals surface area contributed by atoms with Gasteiger partial charge in [-0.25, -0.2) is 4.79 Å². The highest BCUT2D eigenvalue weighted by Crippen LogP contribution is 2.15. The van der Waals surface area contributed by atoms with Gasteiger partial charge in [-0.2, -0.15) is 0 Å². The number of hydrogen-bond acceptors (Lipinski definition) is 7. The lowest BCUT2D eigenvalue weighted by molar-refractivity contribution is -0.163. The molecule has 3 atom stereocenters. The molecule has 0 aliphatic rings. The van der Waals surface area contributed by atoms with Crippen LogP contribution in [0.1, 0.15) is 103 Å². The molecule has 0 saturated carbocycles. The molecule has 0 bridgehead atoms. The van der Waals surface area contributed by atoms with Gasteiger partial charge in [-0.05, 0) is 6.42 Å². The van der Waals surface area contributed by atoms with Gasteiger partial charge in [0.25, 0.3) is 0 Å². The maximum atomic E-state index is 12.1.